The molecule has 1 aliphatic heterocycles. The number of rotatable bonds is 4. The van der Waals surface area contributed by atoms with Crippen molar-refractivity contribution in [3.63, 3.8) is 0 Å². The van der Waals surface area contributed by atoms with Crippen molar-refractivity contribution in [3.8, 4) is 0 Å². The van der Waals surface area contributed by atoms with Gasteiger partial charge in [0, 0.05) is 0 Å². The Balaban J connectivity index is 2.43. The van der Waals surface area contributed by atoms with E-state index in [1.807, 2.05) is 0 Å². The van der Waals surface area contributed by atoms with Crippen molar-refractivity contribution < 1.29 is 14.9 Å². The molecule has 1 rings (SSSR count). The first-order valence-corrected chi connectivity index (χ1v) is 8.78. The van der Waals surface area contributed by atoms with E-state index in [4.69, 9.17) is 10.1 Å². The number of carbonyl (C=O) groups is 1. The van der Waals surface area contributed by atoms with Crippen LogP contribution in [0.5, 0.6) is 0 Å². The zero-order valence-corrected chi connectivity index (χ0v) is 17.6. The molecule has 0 aliphatic carbocycles. The van der Waals surface area contributed by atoms with E-state index in [0.29, 0.717) is 57.7 Å². The molecule has 3 unspecified atom stereocenters. The molecule has 7 heteroatoms. The predicted molar refractivity (Wildman–Crippen MR) is 53.9 cm³/mol. The topological polar surface area (TPSA) is 44.8 Å². The van der Waals surface area contributed by atoms with Crippen molar-refractivity contribution in [2.45, 2.75) is 30.1 Å². The molecule has 0 bridgehead atoms. The van der Waals surface area contributed by atoms with Crippen LogP contribution in [0.25, 0.3) is 0 Å². The molecule has 0 spiro atoms. The first kappa shape index (κ1) is 13.6. The molecule has 0 aromatic heterocycles. The van der Waals surface area contributed by atoms with E-state index < -0.39 is 0 Å². The molecule has 14 heavy (non-hydrogen) atoms. The van der Waals surface area contributed by atoms with Gasteiger partial charge in [0.25, 0.3) is 0 Å². The summed E-state index contributed by atoms with van der Waals surface area (Å²) in [6.07, 6.45) is 1.02. The maximum atomic E-state index is 10.8. The van der Waals surface area contributed by atoms with Crippen LogP contribution >= 0.6 is 11.8 Å². The van der Waals surface area contributed by atoms with Crippen LogP contribution in [-0.2, 0) is 14.9 Å². The van der Waals surface area contributed by atoms with Gasteiger partial charge in [-0.3, -0.25) is 0 Å². The van der Waals surface area contributed by atoms with Crippen LogP contribution in [-0.4, -0.2) is 81.8 Å². The van der Waals surface area contributed by atoms with Crippen LogP contribution in [0.3, 0.4) is 0 Å². The third kappa shape index (κ3) is 4.22. The Morgan fingerprint density at radius 3 is 2.79 bits per heavy atom. The zero-order chi connectivity index (χ0) is 10.6. The van der Waals surface area contributed by atoms with E-state index >= 15 is 0 Å². The average molecular weight is 599 g/mol. The van der Waals surface area contributed by atoms with E-state index in [0.717, 1.165) is 13.0 Å². The number of hydrogen-bond acceptors (Lipinski definition) is 5. The van der Waals surface area contributed by atoms with Crippen LogP contribution in [0.15, 0.2) is 0 Å². The molecular formula is C7H10O4STl2. The fraction of sp³-hybridized carbons (Fsp3) is 0.857. The van der Waals surface area contributed by atoms with Crippen molar-refractivity contribution in [2.75, 3.05) is 6.61 Å². The van der Waals surface area contributed by atoms with Crippen LogP contribution in [0, 0.1) is 0 Å². The minimum atomic E-state index is -0.216. The van der Waals surface area contributed by atoms with Gasteiger partial charge >= 0.3 is 122 Å². The Kier molecular flexibility index (Phi) is 6.84. The molecular weight excluding hydrogens is 589 g/mol. The summed E-state index contributed by atoms with van der Waals surface area (Å²) in [6.45, 7) is 2.17. The van der Waals surface area contributed by atoms with Gasteiger partial charge in [-0.25, -0.2) is 0 Å². The van der Waals surface area contributed by atoms with Crippen LogP contribution < -0.4 is 0 Å². The maximum absolute atomic E-state index is 10.8. The summed E-state index contributed by atoms with van der Waals surface area (Å²) >= 11 is 2.75. The van der Waals surface area contributed by atoms with Gasteiger partial charge in [0.05, 0.1) is 0 Å². The minimum absolute atomic E-state index is 0.0404. The summed E-state index contributed by atoms with van der Waals surface area (Å²) in [6, 6.07) is 0. The Bertz CT molecular complexity index is 204. The number of esters is 1. The van der Waals surface area contributed by atoms with Crippen molar-refractivity contribution in [2.24, 2.45) is 0 Å². The van der Waals surface area contributed by atoms with E-state index in [9.17, 15) is 4.79 Å². The molecule has 0 aromatic rings. The first-order valence-electron chi connectivity index (χ1n) is 4.17. The summed E-state index contributed by atoms with van der Waals surface area (Å²) in [5.41, 5.74) is -0.0404. The summed E-state index contributed by atoms with van der Waals surface area (Å²) in [7, 11) is 0. The van der Waals surface area contributed by atoms with Gasteiger partial charge in [-0.2, -0.15) is 0 Å². The zero-order valence-electron chi connectivity index (χ0n) is 7.84. The van der Waals surface area contributed by atoms with Gasteiger partial charge in [-0.1, -0.05) is 0 Å². The second-order valence-corrected chi connectivity index (χ2v) is 6.71. The molecule has 4 nitrogen and oxygen atoms in total. The number of hydrogen-bond donors (Lipinski definition) is 0. The van der Waals surface area contributed by atoms with E-state index in [1.54, 1.807) is 11.8 Å². The molecule has 1 fully saturated rings. The third-order valence-electron chi connectivity index (χ3n) is 1.90. The molecule has 0 amide bonds. The molecule has 0 aromatic carbocycles. The normalized spacial score (nSPS) is 31.5. The molecule has 0 saturated carbocycles. The second-order valence-electron chi connectivity index (χ2n) is 2.96. The summed E-state index contributed by atoms with van der Waals surface area (Å²) in [5, 5.41) is 0.342. The molecule has 1 saturated heterocycles. The van der Waals surface area contributed by atoms with Crippen LogP contribution in [0.1, 0.15) is 13.3 Å². The first-order chi connectivity index (χ1) is 6.67. The van der Waals surface area contributed by atoms with Crippen molar-refractivity contribution in [3.05, 3.63) is 0 Å². The summed E-state index contributed by atoms with van der Waals surface area (Å²) < 4.78 is 15.9. The van der Waals surface area contributed by atoms with Crippen LogP contribution in [0.4, 0.5) is 0 Å². The quantitative estimate of drug-likeness (QED) is 0.336. The van der Waals surface area contributed by atoms with E-state index in [1.165, 1.54) is 6.92 Å². The third-order valence-corrected chi connectivity index (χ3v) is 5.39. The molecule has 3 atom stereocenters. The Morgan fingerprint density at radius 1 is 1.57 bits per heavy atom. The number of thioether (sulfide) groups is 1. The number of carbonyl (C=O) groups excluding carboxylic acids is 1. The fourth-order valence-electron chi connectivity index (χ4n) is 1.33. The van der Waals surface area contributed by atoms with E-state index in [2.05, 4.69) is 0 Å². The average Bonchev–Trinajstić information content (AvgIpc) is 2.47. The standard InChI is InChI=1S/C7H10O4S.2Tl/c1-4(9)11-7-2-5(10)6(3-8)12-7;;/h5-7H,2-3H2,1H3;;/q-2;2*+1. The molecule has 0 N–H and O–H groups in total. The van der Waals surface area contributed by atoms with Crippen molar-refractivity contribution in [1.29, 1.82) is 0 Å². The molecule has 74 valence electrons. The van der Waals surface area contributed by atoms with Gasteiger partial charge in [-0.15, -0.1) is 0 Å². The molecule has 0 radical (unpaired) electrons. The molecule has 1 heterocycles. The van der Waals surface area contributed by atoms with E-state index in [-0.39, 0.29) is 17.5 Å². The Labute approximate surface area is 120 Å². The summed E-state index contributed by atoms with van der Waals surface area (Å²) in [5.74, 6) is -0.216. The summed E-state index contributed by atoms with van der Waals surface area (Å²) in [4.78, 5) is 10.8. The van der Waals surface area contributed by atoms with Crippen molar-refractivity contribution >= 4 is 70.2 Å². The number of ether oxygens (including phenoxy) is 1. The Morgan fingerprint density at radius 2 is 2.29 bits per heavy atom. The van der Waals surface area contributed by atoms with Gasteiger partial charge in [0.2, 0.25) is 0 Å². The fourth-order valence-corrected chi connectivity index (χ4v) is 5.67. The van der Waals surface area contributed by atoms with Gasteiger partial charge < -0.3 is 0 Å². The van der Waals surface area contributed by atoms with Gasteiger partial charge in [0.15, 0.2) is 0 Å². The molecule has 1 aliphatic rings. The van der Waals surface area contributed by atoms with Crippen LogP contribution in [0.2, 0.25) is 0 Å². The van der Waals surface area contributed by atoms with Crippen molar-refractivity contribution in [1.82, 2.24) is 0 Å². The SMILES string of the molecule is CC(=O)OC1CC([O][Tl])C(C[O][Tl])S1. The predicted octanol–water partition coefficient (Wildman–Crippen LogP) is -0.0501. The van der Waals surface area contributed by atoms with Gasteiger partial charge in [0.1, 0.15) is 0 Å². The second kappa shape index (κ2) is 7.02. The van der Waals surface area contributed by atoms with Gasteiger partial charge in [-0.05, 0) is 0 Å². The Hall–Kier alpha value is 1.58. The monoisotopic (exact) mass is 600 g/mol.